The Kier molecular flexibility index (Phi) is 7.67. The van der Waals surface area contributed by atoms with Crippen molar-refractivity contribution >= 4 is 22.9 Å². The minimum atomic E-state index is -0.207. The van der Waals surface area contributed by atoms with Crippen molar-refractivity contribution in [2.75, 3.05) is 18.0 Å². The van der Waals surface area contributed by atoms with Gasteiger partial charge in [0.15, 0.2) is 5.82 Å². The predicted molar refractivity (Wildman–Crippen MR) is 150 cm³/mol. The first-order valence-electron chi connectivity index (χ1n) is 13.2. The van der Waals surface area contributed by atoms with E-state index in [1.165, 1.54) is 31.2 Å². The third-order valence-corrected chi connectivity index (χ3v) is 6.43. The summed E-state index contributed by atoms with van der Waals surface area (Å²) >= 11 is 0. The van der Waals surface area contributed by atoms with Crippen molar-refractivity contribution in [1.82, 2.24) is 19.9 Å². The molecule has 0 radical (unpaired) electrons. The molecule has 3 heterocycles. The first kappa shape index (κ1) is 25.7. The lowest BCUT2D eigenvalue weighted by Crippen LogP contribution is -2.27. The molecule has 7 nitrogen and oxygen atoms in total. The van der Waals surface area contributed by atoms with E-state index in [1.807, 2.05) is 23.7 Å². The van der Waals surface area contributed by atoms with Crippen LogP contribution in [0.5, 0.6) is 0 Å². The lowest BCUT2D eigenvalue weighted by atomic mass is 9.87. The number of hydrogen-bond donors (Lipinski definition) is 0. The summed E-state index contributed by atoms with van der Waals surface area (Å²) in [6.07, 6.45) is 4.68. The van der Waals surface area contributed by atoms with E-state index in [0.717, 1.165) is 53.1 Å². The average Bonchev–Trinajstić information content (AvgIpc) is 3.40. The largest absolute Gasteiger partial charge is 0.357 e. The van der Waals surface area contributed by atoms with Crippen LogP contribution in [0, 0.1) is 19.3 Å². The molecule has 0 saturated carbocycles. The maximum Gasteiger partial charge on any atom is 0.205 e. The topological polar surface area (TPSA) is 71.6 Å². The Morgan fingerprint density at radius 1 is 0.917 bits per heavy atom. The van der Waals surface area contributed by atoms with Gasteiger partial charge in [0.2, 0.25) is 5.82 Å². The number of aryl methyl sites for hydroxylation is 2. The third kappa shape index (κ3) is 5.40. The van der Waals surface area contributed by atoms with Crippen LogP contribution in [0.3, 0.4) is 0 Å². The van der Waals surface area contributed by atoms with Gasteiger partial charge in [0.1, 0.15) is 11.5 Å². The minimum absolute atomic E-state index is 0.207. The zero-order valence-electron chi connectivity index (χ0n) is 22.8. The third-order valence-electron chi connectivity index (χ3n) is 6.43. The predicted octanol–water partition coefficient (Wildman–Crippen LogP) is 6.75. The van der Waals surface area contributed by atoms with Crippen molar-refractivity contribution < 1.29 is 0 Å². The number of aliphatic imine (C=N–C) groups is 1. The number of benzene rings is 1. The molecule has 0 aliphatic carbocycles. The molecule has 0 atom stereocenters. The van der Waals surface area contributed by atoms with E-state index in [9.17, 15) is 0 Å². The molecule has 7 heteroatoms. The number of aromatic nitrogens is 4. The van der Waals surface area contributed by atoms with Gasteiger partial charge in [-0.1, -0.05) is 71.2 Å². The molecule has 0 amide bonds. The summed E-state index contributed by atoms with van der Waals surface area (Å²) in [7, 11) is 0. The van der Waals surface area contributed by atoms with E-state index in [-0.39, 0.29) is 5.41 Å². The molecule has 1 aromatic carbocycles. The standard InChI is InChI=1S/C29H39N7/c1-8-10-17-35(18-11-9-2)24-16-15-23(21(4)30-24)31-25-26(29(5,6)7)34-36-27(32-33-28(25)36)22-14-12-13-20(3)19-22/h12-16,19H,8-11,17-18H2,1-7H3. The molecule has 3 aromatic rings. The lowest BCUT2D eigenvalue weighted by molar-refractivity contribution is 0.594. The highest BCUT2D eigenvalue weighted by Crippen LogP contribution is 2.31. The van der Waals surface area contributed by atoms with E-state index in [2.05, 4.69) is 80.9 Å². The summed E-state index contributed by atoms with van der Waals surface area (Å²) in [6, 6.07) is 12.4. The summed E-state index contributed by atoms with van der Waals surface area (Å²) in [5.41, 5.74) is 5.37. The number of unbranched alkanes of at least 4 members (excludes halogenated alkanes) is 2. The Labute approximate surface area is 215 Å². The molecule has 0 N–H and O–H groups in total. The van der Waals surface area contributed by atoms with Gasteiger partial charge in [0, 0.05) is 24.1 Å². The fourth-order valence-electron chi connectivity index (χ4n) is 4.34. The molecular weight excluding hydrogens is 446 g/mol. The zero-order chi connectivity index (χ0) is 25.9. The van der Waals surface area contributed by atoms with Gasteiger partial charge < -0.3 is 4.90 Å². The van der Waals surface area contributed by atoms with Gasteiger partial charge in [-0.15, -0.1) is 10.2 Å². The van der Waals surface area contributed by atoms with Crippen LogP contribution in [0.15, 0.2) is 46.5 Å². The molecule has 1 aliphatic heterocycles. The van der Waals surface area contributed by atoms with Crippen LogP contribution < -0.4 is 4.90 Å². The number of fused-ring (bicyclic) bond motifs is 1. The second-order valence-electron chi connectivity index (χ2n) is 10.7. The van der Waals surface area contributed by atoms with Gasteiger partial charge >= 0.3 is 0 Å². The van der Waals surface area contributed by atoms with E-state index >= 15 is 0 Å². The molecule has 0 unspecified atom stereocenters. The summed E-state index contributed by atoms with van der Waals surface area (Å²) in [5, 5.41) is 14.0. The molecule has 0 saturated heterocycles. The van der Waals surface area contributed by atoms with E-state index in [1.54, 1.807) is 0 Å². The van der Waals surface area contributed by atoms with E-state index in [4.69, 9.17) is 15.1 Å². The van der Waals surface area contributed by atoms with Crippen molar-refractivity contribution in [3.05, 3.63) is 53.5 Å². The summed E-state index contributed by atoms with van der Waals surface area (Å²) in [4.78, 5) is 12.4. The van der Waals surface area contributed by atoms with Gasteiger partial charge in [-0.25, -0.2) is 9.98 Å². The molecule has 0 spiro atoms. The number of rotatable bonds is 9. The fraction of sp³-hybridized carbons (Fsp3) is 0.483. The normalized spacial score (nSPS) is 14.3. The van der Waals surface area contributed by atoms with Crippen LogP contribution in [-0.2, 0) is 0 Å². The van der Waals surface area contributed by atoms with Crippen molar-refractivity contribution in [2.24, 2.45) is 15.5 Å². The van der Waals surface area contributed by atoms with Crippen molar-refractivity contribution in [2.45, 2.75) is 74.1 Å². The number of pyridine rings is 1. The van der Waals surface area contributed by atoms with Gasteiger partial charge in [-0.2, -0.15) is 9.78 Å². The second-order valence-corrected chi connectivity index (χ2v) is 10.7. The number of hydrogen-bond acceptors (Lipinski definition) is 6. The zero-order valence-corrected chi connectivity index (χ0v) is 22.8. The molecule has 0 bridgehead atoms. The average molecular weight is 486 g/mol. The molecule has 0 fully saturated rings. The summed E-state index contributed by atoms with van der Waals surface area (Å²) in [5.74, 6) is 2.43. The fourth-order valence-corrected chi connectivity index (χ4v) is 4.34. The van der Waals surface area contributed by atoms with Gasteiger partial charge in [0.05, 0.1) is 17.1 Å². The number of nitrogens with zero attached hydrogens (tertiary/aromatic N) is 7. The highest BCUT2D eigenvalue weighted by atomic mass is 15.5. The molecule has 36 heavy (non-hydrogen) atoms. The smallest absolute Gasteiger partial charge is 0.205 e. The maximum atomic E-state index is 5.08. The Hall–Kier alpha value is -3.35. The highest BCUT2D eigenvalue weighted by molar-refractivity contribution is 6.50. The monoisotopic (exact) mass is 485 g/mol. The van der Waals surface area contributed by atoms with Crippen molar-refractivity contribution in [3.63, 3.8) is 0 Å². The van der Waals surface area contributed by atoms with Crippen molar-refractivity contribution in [3.8, 4) is 11.4 Å². The van der Waals surface area contributed by atoms with Gasteiger partial charge in [0.25, 0.3) is 0 Å². The maximum absolute atomic E-state index is 5.08. The summed E-state index contributed by atoms with van der Waals surface area (Å²) in [6.45, 7) is 17.1. The first-order valence-corrected chi connectivity index (χ1v) is 13.2. The Morgan fingerprint density at radius 2 is 1.61 bits per heavy atom. The van der Waals surface area contributed by atoms with E-state index < -0.39 is 0 Å². The van der Waals surface area contributed by atoms with Crippen LogP contribution in [0.4, 0.5) is 11.5 Å². The number of anilines is 1. The van der Waals surface area contributed by atoms with Gasteiger partial charge in [-0.3, -0.25) is 0 Å². The molecule has 2 aromatic heterocycles. The summed E-state index contributed by atoms with van der Waals surface area (Å²) < 4.78 is 1.84. The Morgan fingerprint density at radius 3 is 2.22 bits per heavy atom. The molecule has 4 rings (SSSR count). The van der Waals surface area contributed by atoms with Crippen LogP contribution in [0.2, 0.25) is 0 Å². The quantitative estimate of drug-likeness (QED) is 0.336. The molecular formula is C29H39N7. The van der Waals surface area contributed by atoms with Crippen LogP contribution >= 0.6 is 0 Å². The second kappa shape index (κ2) is 10.7. The molecule has 190 valence electrons. The van der Waals surface area contributed by atoms with Crippen molar-refractivity contribution in [1.29, 1.82) is 0 Å². The SMILES string of the molecule is CCCCN(CCCC)c1ccc(N=C2C(C(C)(C)C)=Nn3c2nnc3-c2cccc(C)c2)c(C)n1. The van der Waals surface area contributed by atoms with Crippen LogP contribution in [0.1, 0.15) is 77.4 Å². The Balaban J connectivity index is 1.73. The highest BCUT2D eigenvalue weighted by Gasteiger charge is 2.35. The van der Waals surface area contributed by atoms with Crippen LogP contribution in [0.25, 0.3) is 11.4 Å². The Bertz CT molecular complexity index is 1270. The minimum Gasteiger partial charge on any atom is -0.357 e. The first-order chi connectivity index (χ1) is 17.2. The lowest BCUT2D eigenvalue weighted by Gasteiger charge is -2.24. The van der Waals surface area contributed by atoms with Gasteiger partial charge in [-0.05, 0) is 44.9 Å². The molecule has 1 aliphatic rings. The van der Waals surface area contributed by atoms with E-state index in [0.29, 0.717) is 5.82 Å². The van der Waals surface area contributed by atoms with Crippen LogP contribution in [-0.4, -0.2) is 44.4 Å².